The molecule has 0 aromatic heterocycles. The van der Waals surface area contributed by atoms with Crippen molar-refractivity contribution in [2.24, 2.45) is 0 Å². The lowest BCUT2D eigenvalue weighted by Crippen LogP contribution is -2.50. The van der Waals surface area contributed by atoms with E-state index in [1.807, 2.05) is 50.2 Å². The van der Waals surface area contributed by atoms with E-state index in [1.54, 1.807) is 0 Å². The molecule has 5 nitrogen and oxygen atoms in total. The largest absolute Gasteiger partial charge is 0.335 e. The van der Waals surface area contributed by atoms with Crippen molar-refractivity contribution < 1.29 is 9.59 Å². The molecule has 0 unspecified atom stereocenters. The van der Waals surface area contributed by atoms with Crippen LogP contribution in [-0.4, -0.2) is 53.8 Å². The molecule has 5 heteroatoms. The van der Waals surface area contributed by atoms with Crippen molar-refractivity contribution >= 4 is 17.5 Å². The maximum absolute atomic E-state index is 12.9. The number of amides is 2. The first-order valence-corrected chi connectivity index (χ1v) is 10.5. The van der Waals surface area contributed by atoms with Crippen LogP contribution < -0.4 is 5.32 Å². The van der Waals surface area contributed by atoms with E-state index >= 15 is 0 Å². The van der Waals surface area contributed by atoms with Crippen molar-refractivity contribution in [2.75, 3.05) is 31.5 Å². The number of anilines is 1. The van der Waals surface area contributed by atoms with Crippen LogP contribution in [0.1, 0.15) is 39.9 Å². The molecule has 1 saturated heterocycles. The topological polar surface area (TPSA) is 52.7 Å². The van der Waals surface area contributed by atoms with Crippen LogP contribution in [0.5, 0.6) is 0 Å². The van der Waals surface area contributed by atoms with Crippen molar-refractivity contribution in [3.8, 4) is 0 Å². The monoisotopic (exact) mass is 391 g/mol. The van der Waals surface area contributed by atoms with E-state index in [1.165, 1.54) is 0 Å². The summed E-state index contributed by atoms with van der Waals surface area (Å²) in [5.74, 6) is 0.196. The Kier molecular flexibility index (Phi) is 5.67. The van der Waals surface area contributed by atoms with Gasteiger partial charge in [-0.1, -0.05) is 36.4 Å². The van der Waals surface area contributed by atoms with Crippen LogP contribution in [0.15, 0.2) is 42.5 Å². The molecular weight excluding hydrogens is 362 g/mol. The second-order valence-electron chi connectivity index (χ2n) is 8.23. The lowest BCUT2D eigenvalue weighted by Gasteiger charge is -2.40. The fourth-order valence-electron chi connectivity index (χ4n) is 4.58. The van der Waals surface area contributed by atoms with Crippen LogP contribution >= 0.6 is 0 Å². The van der Waals surface area contributed by atoms with Crippen LogP contribution in [-0.2, 0) is 11.2 Å². The van der Waals surface area contributed by atoms with Gasteiger partial charge >= 0.3 is 0 Å². The van der Waals surface area contributed by atoms with Crippen LogP contribution in [0, 0.1) is 13.8 Å². The van der Waals surface area contributed by atoms with Gasteiger partial charge in [0.15, 0.2) is 0 Å². The number of nitrogens with one attached hydrogen (secondary N) is 1. The molecule has 0 radical (unpaired) electrons. The van der Waals surface area contributed by atoms with Crippen LogP contribution in [0.25, 0.3) is 0 Å². The molecule has 0 saturated carbocycles. The lowest BCUT2D eigenvalue weighted by atomic mass is 9.95. The van der Waals surface area contributed by atoms with Crippen molar-refractivity contribution in [3.63, 3.8) is 0 Å². The predicted octanol–water partition coefficient (Wildman–Crippen LogP) is 3.40. The zero-order valence-corrected chi connectivity index (χ0v) is 17.3. The van der Waals surface area contributed by atoms with Gasteiger partial charge in [0, 0.05) is 36.9 Å². The third-order valence-electron chi connectivity index (χ3n) is 6.24. The smallest absolute Gasteiger partial charge is 0.254 e. The number of rotatable bonds is 4. The Hall–Kier alpha value is -2.66. The summed E-state index contributed by atoms with van der Waals surface area (Å²) in [5.41, 5.74) is 5.11. The molecule has 2 amide bonds. The number of piperidine rings is 1. The maximum atomic E-state index is 12.9. The molecule has 0 atom stereocenters. The Morgan fingerprint density at radius 3 is 2.41 bits per heavy atom. The molecule has 2 aromatic carbocycles. The van der Waals surface area contributed by atoms with Crippen LogP contribution in [0.4, 0.5) is 5.69 Å². The Labute approximate surface area is 172 Å². The summed E-state index contributed by atoms with van der Waals surface area (Å²) in [7, 11) is 0. The quantitative estimate of drug-likeness (QED) is 0.869. The molecule has 152 valence electrons. The minimum absolute atomic E-state index is 0.0313. The molecular formula is C24H29N3O2. The second kappa shape index (κ2) is 8.37. The molecule has 0 spiro atoms. The number of para-hydroxylation sites is 1. The Balaban J connectivity index is 1.31. The highest BCUT2D eigenvalue weighted by atomic mass is 16.2. The van der Waals surface area contributed by atoms with Gasteiger partial charge in [0.05, 0.1) is 6.54 Å². The number of likely N-dealkylation sites (tertiary alicyclic amines) is 1. The van der Waals surface area contributed by atoms with Gasteiger partial charge in [-0.05, 0) is 55.9 Å². The molecule has 29 heavy (non-hydrogen) atoms. The normalized spacial score (nSPS) is 17.9. The van der Waals surface area contributed by atoms with Gasteiger partial charge < -0.3 is 10.2 Å². The number of aryl methyl sites for hydroxylation is 2. The molecule has 4 rings (SSSR count). The highest BCUT2D eigenvalue weighted by molar-refractivity contribution is 5.97. The van der Waals surface area contributed by atoms with Crippen LogP contribution in [0.3, 0.4) is 0 Å². The van der Waals surface area contributed by atoms with E-state index in [2.05, 4.69) is 21.2 Å². The van der Waals surface area contributed by atoms with Gasteiger partial charge in [-0.3, -0.25) is 14.5 Å². The van der Waals surface area contributed by atoms with Crippen molar-refractivity contribution in [2.45, 2.75) is 39.2 Å². The predicted molar refractivity (Wildman–Crippen MR) is 115 cm³/mol. The fraction of sp³-hybridized carbons (Fsp3) is 0.417. The average Bonchev–Trinajstić information content (AvgIpc) is 2.72. The van der Waals surface area contributed by atoms with Gasteiger partial charge in [0.25, 0.3) is 5.91 Å². The minimum atomic E-state index is 0.0313. The number of nitrogens with zero attached hydrogens (tertiary/aromatic N) is 2. The summed E-state index contributed by atoms with van der Waals surface area (Å²) >= 11 is 0. The number of benzene rings is 2. The number of fused-ring (bicyclic) bond motifs is 1. The summed E-state index contributed by atoms with van der Waals surface area (Å²) in [5, 5.41) is 3.07. The van der Waals surface area contributed by atoms with Crippen molar-refractivity contribution in [3.05, 3.63) is 64.7 Å². The number of carbonyl (C=O) groups is 2. The van der Waals surface area contributed by atoms with E-state index in [0.717, 1.165) is 66.8 Å². The highest BCUT2D eigenvalue weighted by Crippen LogP contribution is 2.25. The Morgan fingerprint density at radius 2 is 1.69 bits per heavy atom. The number of hydrogen-bond acceptors (Lipinski definition) is 3. The molecule has 2 aliphatic rings. The maximum Gasteiger partial charge on any atom is 0.254 e. The number of hydrogen-bond donors (Lipinski definition) is 1. The SMILES string of the molecule is Cc1cccc(C)c1NC(=O)CN1CCC(N2CCc3ccccc3C2=O)CC1. The standard InChI is InChI=1S/C24H29N3O2/c1-17-6-5-7-18(2)23(17)25-22(28)16-26-13-11-20(12-14-26)27-15-10-19-8-3-4-9-21(19)24(27)29/h3-9,20H,10-16H2,1-2H3,(H,25,28). The molecule has 2 heterocycles. The summed E-state index contributed by atoms with van der Waals surface area (Å²) < 4.78 is 0. The third-order valence-corrected chi connectivity index (χ3v) is 6.24. The second-order valence-corrected chi connectivity index (χ2v) is 8.23. The zero-order valence-electron chi connectivity index (χ0n) is 17.3. The minimum Gasteiger partial charge on any atom is -0.335 e. The molecule has 0 bridgehead atoms. The number of carbonyl (C=O) groups excluding carboxylic acids is 2. The van der Waals surface area contributed by atoms with E-state index < -0.39 is 0 Å². The van der Waals surface area contributed by atoms with Gasteiger partial charge in [0.1, 0.15) is 0 Å². The van der Waals surface area contributed by atoms with E-state index in [0.29, 0.717) is 6.54 Å². The van der Waals surface area contributed by atoms with Crippen molar-refractivity contribution in [1.29, 1.82) is 0 Å². The molecule has 1 N–H and O–H groups in total. The van der Waals surface area contributed by atoms with Crippen LogP contribution in [0.2, 0.25) is 0 Å². The van der Waals surface area contributed by atoms with Crippen molar-refractivity contribution in [1.82, 2.24) is 9.80 Å². The first-order chi connectivity index (χ1) is 14.0. The molecule has 1 fully saturated rings. The highest BCUT2D eigenvalue weighted by Gasteiger charge is 2.32. The lowest BCUT2D eigenvalue weighted by molar-refractivity contribution is -0.117. The fourth-order valence-corrected chi connectivity index (χ4v) is 4.58. The summed E-state index contributed by atoms with van der Waals surface area (Å²) in [4.78, 5) is 29.7. The Morgan fingerprint density at radius 1 is 1.00 bits per heavy atom. The van der Waals surface area contributed by atoms with Gasteiger partial charge in [-0.15, -0.1) is 0 Å². The first-order valence-electron chi connectivity index (χ1n) is 10.5. The average molecular weight is 392 g/mol. The molecule has 2 aromatic rings. The molecule has 2 aliphatic heterocycles. The van der Waals surface area contributed by atoms with E-state index in [9.17, 15) is 9.59 Å². The van der Waals surface area contributed by atoms with E-state index in [-0.39, 0.29) is 17.9 Å². The van der Waals surface area contributed by atoms with E-state index in [4.69, 9.17) is 0 Å². The van der Waals surface area contributed by atoms with Gasteiger partial charge in [-0.2, -0.15) is 0 Å². The summed E-state index contributed by atoms with van der Waals surface area (Å²) in [6.45, 7) is 6.92. The Bertz CT molecular complexity index is 896. The molecule has 0 aliphatic carbocycles. The van der Waals surface area contributed by atoms with Gasteiger partial charge in [-0.25, -0.2) is 0 Å². The zero-order chi connectivity index (χ0) is 20.4. The van der Waals surface area contributed by atoms with Gasteiger partial charge in [0.2, 0.25) is 5.91 Å². The first kappa shape index (κ1) is 19.6. The third kappa shape index (κ3) is 4.20. The summed E-state index contributed by atoms with van der Waals surface area (Å²) in [6.07, 6.45) is 2.77. The summed E-state index contributed by atoms with van der Waals surface area (Å²) in [6, 6.07) is 14.3.